The fraction of sp³-hybridized carbons (Fsp3) is 0.300. The second kappa shape index (κ2) is 6.55. The monoisotopic (exact) mass is 273 g/mol. The van der Waals surface area contributed by atoms with Gasteiger partial charge in [-0.15, -0.1) is 0 Å². The van der Waals surface area contributed by atoms with Gasteiger partial charge in [-0.25, -0.2) is 0 Å². The van der Waals surface area contributed by atoms with Crippen LogP contribution in [0.5, 0.6) is 0 Å². The van der Waals surface area contributed by atoms with E-state index in [9.17, 15) is 4.79 Å². The van der Waals surface area contributed by atoms with Crippen molar-refractivity contribution in [1.82, 2.24) is 0 Å². The van der Waals surface area contributed by atoms with Gasteiger partial charge < -0.3 is 15.2 Å². The quantitative estimate of drug-likeness (QED) is 0.798. The average Bonchev–Trinajstić information content (AvgIpc) is 2.18. The molecule has 0 aliphatic rings. The zero-order valence-corrected chi connectivity index (χ0v) is 9.66. The number of rotatable bonds is 5. The summed E-state index contributed by atoms with van der Waals surface area (Å²) < 4.78 is 5.77. The van der Waals surface area contributed by atoms with Crippen LogP contribution in [0.2, 0.25) is 0 Å². The molecule has 0 radical (unpaired) electrons. The molecule has 82 valence electrons. The third kappa shape index (κ3) is 4.92. The van der Waals surface area contributed by atoms with Crippen LogP contribution in [0.25, 0.3) is 0 Å². The Kier molecular flexibility index (Phi) is 5.31. The van der Waals surface area contributed by atoms with E-state index in [1.54, 1.807) is 12.1 Å². The molecular weight excluding hydrogens is 262 g/mol. The van der Waals surface area contributed by atoms with Gasteiger partial charge in [-0.1, -0.05) is 22.0 Å². The summed E-state index contributed by atoms with van der Waals surface area (Å²) in [5.74, 6) is -0.235. The van der Waals surface area contributed by atoms with Gasteiger partial charge in [0.25, 0.3) is 0 Å². The highest BCUT2D eigenvalue weighted by atomic mass is 79.9. The third-order valence-corrected chi connectivity index (χ3v) is 2.07. The van der Waals surface area contributed by atoms with Gasteiger partial charge in [0.05, 0.1) is 13.2 Å². The first-order valence-corrected chi connectivity index (χ1v) is 5.25. The first-order valence-electron chi connectivity index (χ1n) is 4.46. The fourth-order valence-electron chi connectivity index (χ4n) is 0.993. The van der Waals surface area contributed by atoms with Crippen molar-refractivity contribution < 1.29 is 14.6 Å². The number of carbonyl (C=O) groups is 1. The average molecular weight is 274 g/mol. The minimum Gasteiger partial charge on any atom is -0.394 e. The zero-order valence-electron chi connectivity index (χ0n) is 8.07. The van der Waals surface area contributed by atoms with Gasteiger partial charge in [-0.3, -0.25) is 4.79 Å². The molecule has 2 N–H and O–H groups in total. The number of aliphatic hydroxyl groups is 1. The molecule has 0 fully saturated rings. The minimum absolute atomic E-state index is 0.0485. The molecule has 15 heavy (non-hydrogen) atoms. The molecule has 1 aromatic carbocycles. The van der Waals surface area contributed by atoms with Crippen LogP contribution in [0.15, 0.2) is 28.7 Å². The number of hydrogen-bond acceptors (Lipinski definition) is 3. The van der Waals surface area contributed by atoms with Crippen molar-refractivity contribution in [2.24, 2.45) is 0 Å². The topological polar surface area (TPSA) is 58.6 Å². The van der Waals surface area contributed by atoms with E-state index in [2.05, 4.69) is 21.2 Å². The normalized spacial score (nSPS) is 10.0. The maximum absolute atomic E-state index is 11.3. The van der Waals surface area contributed by atoms with E-state index in [1.165, 1.54) is 0 Å². The molecule has 1 rings (SSSR count). The van der Waals surface area contributed by atoms with Crippen molar-refractivity contribution in [3.63, 3.8) is 0 Å². The SMILES string of the molecule is O=C(COCCO)Nc1cccc(Br)c1. The van der Waals surface area contributed by atoms with Gasteiger partial charge in [-0.2, -0.15) is 0 Å². The summed E-state index contributed by atoms with van der Waals surface area (Å²) in [6, 6.07) is 7.28. The molecule has 0 heterocycles. The number of nitrogens with one attached hydrogen (secondary N) is 1. The van der Waals surface area contributed by atoms with E-state index in [4.69, 9.17) is 9.84 Å². The fourth-order valence-corrected chi connectivity index (χ4v) is 1.39. The number of aliphatic hydroxyl groups excluding tert-OH is 1. The van der Waals surface area contributed by atoms with Crippen LogP contribution in [-0.4, -0.2) is 30.8 Å². The lowest BCUT2D eigenvalue weighted by Crippen LogP contribution is -2.19. The van der Waals surface area contributed by atoms with Crippen LogP contribution in [0.4, 0.5) is 5.69 Å². The van der Waals surface area contributed by atoms with Crippen molar-refractivity contribution in [1.29, 1.82) is 0 Å². The Morgan fingerprint density at radius 3 is 3.00 bits per heavy atom. The molecule has 0 aromatic heterocycles. The van der Waals surface area contributed by atoms with E-state index in [1.807, 2.05) is 12.1 Å². The van der Waals surface area contributed by atoms with Gasteiger partial charge >= 0.3 is 0 Å². The molecule has 0 bridgehead atoms. The van der Waals surface area contributed by atoms with E-state index < -0.39 is 0 Å². The van der Waals surface area contributed by atoms with Gasteiger partial charge in [0.2, 0.25) is 5.91 Å². The summed E-state index contributed by atoms with van der Waals surface area (Å²) in [4.78, 5) is 11.3. The van der Waals surface area contributed by atoms with Gasteiger partial charge in [-0.05, 0) is 18.2 Å². The summed E-state index contributed by atoms with van der Waals surface area (Å²) >= 11 is 3.30. The Hall–Kier alpha value is -0.910. The van der Waals surface area contributed by atoms with Crippen LogP contribution < -0.4 is 5.32 Å². The summed E-state index contributed by atoms with van der Waals surface area (Å²) in [5.41, 5.74) is 0.710. The number of ether oxygens (including phenoxy) is 1. The molecule has 1 aromatic rings. The van der Waals surface area contributed by atoms with E-state index in [0.717, 1.165) is 4.47 Å². The number of hydrogen-bond donors (Lipinski definition) is 2. The maximum atomic E-state index is 11.3. The molecule has 5 heteroatoms. The minimum atomic E-state index is -0.235. The highest BCUT2D eigenvalue weighted by Crippen LogP contribution is 2.15. The smallest absolute Gasteiger partial charge is 0.250 e. The van der Waals surface area contributed by atoms with Gasteiger partial charge in [0, 0.05) is 10.2 Å². The van der Waals surface area contributed by atoms with Gasteiger partial charge in [0.15, 0.2) is 0 Å². The Morgan fingerprint density at radius 2 is 2.33 bits per heavy atom. The molecule has 0 atom stereocenters. The molecule has 0 unspecified atom stereocenters. The van der Waals surface area contributed by atoms with Crippen LogP contribution in [0.1, 0.15) is 0 Å². The first kappa shape index (κ1) is 12.2. The standard InChI is InChI=1S/C10H12BrNO3/c11-8-2-1-3-9(6-8)12-10(14)7-15-5-4-13/h1-3,6,13H,4-5,7H2,(H,12,14). The number of halogens is 1. The largest absolute Gasteiger partial charge is 0.394 e. The second-order valence-electron chi connectivity index (χ2n) is 2.83. The van der Waals surface area contributed by atoms with Crippen molar-refractivity contribution >= 4 is 27.5 Å². The molecule has 0 aliphatic heterocycles. The molecule has 0 aliphatic carbocycles. The summed E-state index contributed by atoms with van der Waals surface area (Å²) in [6.45, 7) is 0.0448. The van der Waals surface area contributed by atoms with Crippen molar-refractivity contribution in [3.05, 3.63) is 28.7 Å². The van der Waals surface area contributed by atoms with Crippen molar-refractivity contribution in [3.8, 4) is 0 Å². The zero-order chi connectivity index (χ0) is 11.1. The van der Waals surface area contributed by atoms with Gasteiger partial charge in [0.1, 0.15) is 6.61 Å². The van der Waals surface area contributed by atoms with Crippen LogP contribution in [-0.2, 0) is 9.53 Å². The van der Waals surface area contributed by atoms with Crippen molar-refractivity contribution in [2.75, 3.05) is 25.1 Å². The predicted molar refractivity (Wildman–Crippen MR) is 60.7 cm³/mol. The Labute approximate surface area is 96.4 Å². The number of carbonyl (C=O) groups excluding carboxylic acids is 1. The maximum Gasteiger partial charge on any atom is 0.250 e. The highest BCUT2D eigenvalue weighted by Gasteiger charge is 2.01. The molecule has 4 nitrogen and oxygen atoms in total. The Bertz CT molecular complexity index is 330. The molecule has 1 amide bonds. The lowest BCUT2D eigenvalue weighted by molar-refractivity contribution is -0.120. The number of amides is 1. The molecule has 0 spiro atoms. The molecular formula is C10H12BrNO3. The van der Waals surface area contributed by atoms with Crippen LogP contribution >= 0.6 is 15.9 Å². The Balaban J connectivity index is 2.37. The van der Waals surface area contributed by atoms with E-state index in [-0.39, 0.29) is 25.7 Å². The van der Waals surface area contributed by atoms with Crippen LogP contribution in [0.3, 0.4) is 0 Å². The number of anilines is 1. The Morgan fingerprint density at radius 1 is 1.53 bits per heavy atom. The lowest BCUT2D eigenvalue weighted by Gasteiger charge is -2.05. The predicted octanol–water partition coefficient (Wildman–Crippen LogP) is 1.40. The van der Waals surface area contributed by atoms with E-state index >= 15 is 0 Å². The first-order chi connectivity index (χ1) is 7.22. The summed E-state index contributed by atoms with van der Waals surface area (Å²) in [6.07, 6.45) is 0. The molecule has 0 saturated heterocycles. The second-order valence-corrected chi connectivity index (χ2v) is 3.75. The lowest BCUT2D eigenvalue weighted by atomic mass is 10.3. The molecule has 0 saturated carbocycles. The number of benzene rings is 1. The summed E-state index contributed by atoms with van der Waals surface area (Å²) in [7, 11) is 0. The van der Waals surface area contributed by atoms with Crippen LogP contribution in [0, 0.1) is 0 Å². The third-order valence-electron chi connectivity index (χ3n) is 1.58. The van der Waals surface area contributed by atoms with E-state index in [0.29, 0.717) is 5.69 Å². The highest BCUT2D eigenvalue weighted by molar-refractivity contribution is 9.10. The van der Waals surface area contributed by atoms with Crippen molar-refractivity contribution in [2.45, 2.75) is 0 Å². The summed E-state index contributed by atoms with van der Waals surface area (Å²) in [5, 5.41) is 11.1.